The van der Waals surface area contributed by atoms with Gasteiger partial charge in [0.1, 0.15) is 0 Å². The van der Waals surface area contributed by atoms with E-state index in [1.165, 1.54) is 12.0 Å². The highest BCUT2D eigenvalue weighted by molar-refractivity contribution is 7.07. The van der Waals surface area contributed by atoms with E-state index in [4.69, 9.17) is 0 Å². The molecule has 0 aliphatic carbocycles. The molecule has 1 N–H and O–H groups in total. The van der Waals surface area contributed by atoms with Crippen molar-refractivity contribution in [3.8, 4) is 0 Å². The average Bonchev–Trinajstić information content (AvgIpc) is 2.56. The van der Waals surface area contributed by atoms with Crippen molar-refractivity contribution in [2.24, 2.45) is 11.8 Å². The molecule has 1 aromatic heterocycles. The molecule has 14 heavy (non-hydrogen) atoms. The molecule has 0 radical (unpaired) electrons. The van der Waals surface area contributed by atoms with Gasteiger partial charge in [0.25, 0.3) is 0 Å². The maximum atomic E-state index is 3.50. The van der Waals surface area contributed by atoms with E-state index in [2.05, 4.69) is 42.9 Å². The molecule has 1 nitrogen and oxygen atoms in total. The summed E-state index contributed by atoms with van der Waals surface area (Å²) in [7, 11) is 0. The third kappa shape index (κ3) is 4.77. The van der Waals surface area contributed by atoms with Crippen molar-refractivity contribution in [2.75, 3.05) is 13.1 Å². The van der Waals surface area contributed by atoms with Crippen molar-refractivity contribution in [1.82, 2.24) is 5.32 Å². The Morgan fingerprint density at radius 2 is 2.07 bits per heavy atom. The van der Waals surface area contributed by atoms with Crippen LogP contribution in [0.1, 0.15) is 26.3 Å². The zero-order valence-corrected chi connectivity index (χ0v) is 10.2. The quantitative estimate of drug-likeness (QED) is 0.762. The lowest BCUT2D eigenvalue weighted by atomic mass is 10.0. The van der Waals surface area contributed by atoms with E-state index in [1.54, 1.807) is 11.3 Å². The van der Waals surface area contributed by atoms with Gasteiger partial charge in [0.05, 0.1) is 0 Å². The maximum absolute atomic E-state index is 3.50. The minimum absolute atomic E-state index is 0.739. The molecule has 0 saturated heterocycles. The van der Waals surface area contributed by atoms with Gasteiger partial charge in [-0.05, 0) is 53.7 Å². The lowest BCUT2D eigenvalue weighted by Gasteiger charge is -2.13. The molecule has 2 heteroatoms. The zero-order chi connectivity index (χ0) is 10.4. The molecular weight excluding hydrogens is 190 g/mol. The Morgan fingerprint density at radius 3 is 2.64 bits per heavy atom. The number of hydrogen-bond donors (Lipinski definition) is 1. The van der Waals surface area contributed by atoms with Crippen molar-refractivity contribution in [3.05, 3.63) is 22.4 Å². The topological polar surface area (TPSA) is 12.0 Å². The van der Waals surface area contributed by atoms with Crippen LogP contribution in [0.15, 0.2) is 16.8 Å². The fourth-order valence-electron chi connectivity index (χ4n) is 1.50. The summed E-state index contributed by atoms with van der Waals surface area (Å²) >= 11 is 1.79. The summed E-state index contributed by atoms with van der Waals surface area (Å²) in [5.41, 5.74) is 1.48. The SMILES string of the molecule is CC(C)CNCC(C)Cc1ccsc1. The predicted octanol–water partition coefficient (Wildman–Crippen LogP) is 3.17. The van der Waals surface area contributed by atoms with Crippen molar-refractivity contribution < 1.29 is 0 Å². The first kappa shape index (κ1) is 11.7. The van der Waals surface area contributed by atoms with Gasteiger partial charge in [-0.15, -0.1) is 0 Å². The second-order valence-corrected chi connectivity index (χ2v) is 5.27. The lowest BCUT2D eigenvalue weighted by molar-refractivity contribution is 0.474. The summed E-state index contributed by atoms with van der Waals surface area (Å²) in [6.45, 7) is 9.07. The van der Waals surface area contributed by atoms with E-state index in [9.17, 15) is 0 Å². The predicted molar refractivity (Wildman–Crippen MR) is 64.9 cm³/mol. The highest BCUT2D eigenvalue weighted by Gasteiger charge is 2.03. The van der Waals surface area contributed by atoms with Crippen LogP contribution >= 0.6 is 11.3 Å². The molecule has 0 fully saturated rings. The largest absolute Gasteiger partial charge is 0.316 e. The van der Waals surface area contributed by atoms with Gasteiger partial charge in [-0.25, -0.2) is 0 Å². The molecule has 0 saturated carbocycles. The Morgan fingerprint density at radius 1 is 1.29 bits per heavy atom. The molecule has 1 aromatic rings. The van der Waals surface area contributed by atoms with Gasteiger partial charge in [0, 0.05) is 0 Å². The van der Waals surface area contributed by atoms with E-state index in [0.717, 1.165) is 24.9 Å². The number of rotatable bonds is 6. The van der Waals surface area contributed by atoms with Crippen LogP contribution in [0, 0.1) is 11.8 Å². The molecule has 1 atom stereocenters. The summed E-state index contributed by atoms with van der Waals surface area (Å²) in [5, 5.41) is 7.91. The lowest BCUT2D eigenvalue weighted by Crippen LogP contribution is -2.26. The van der Waals surface area contributed by atoms with E-state index >= 15 is 0 Å². The Hall–Kier alpha value is -0.340. The van der Waals surface area contributed by atoms with Crippen LogP contribution in [0.25, 0.3) is 0 Å². The van der Waals surface area contributed by atoms with Gasteiger partial charge in [0.2, 0.25) is 0 Å². The second kappa shape index (κ2) is 6.20. The summed E-state index contributed by atoms with van der Waals surface area (Å²) in [4.78, 5) is 0. The van der Waals surface area contributed by atoms with Crippen molar-refractivity contribution >= 4 is 11.3 Å². The number of nitrogens with one attached hydrogen (secondary N) is 1. The molecule has 0 spiro atoms. The molecule has 80 valence electrons. The summed E-state index contributed by atoms with van der Waals surface area (Å²) in [6.07, 6.45) is 1.20. The Labute approximate surface area is 91.5 Å². The molecule has 0 aliphatic rings. The summed E-state index contributed by atoms with van der Waals surface area (Å²) in [5.74, 6) is 1.49. The first-order chi connectivity index (χ1) is 6.68. The normalized spacial score (nSPS) is 13.4. The van der Waals surface area contributed by atoms with Gasteiger partial charge in [-0.1, -0.05) is 20.8 Å². The Kier molecular flexibility index (Phi) is 5.20. The first-order valence-electron chi connectivity index (χ1n) is 5.40. The molecule has 0 aliphatic heterocycles. The van der Waals surface area contributed by atoms with Crippen LogP contribution in [0.4, 0.5) is 0 Å². The molecular formula is C12H21NS. The average molecular weight is 211 g/mol. The maximum Gasteiger partial charge on any atom is -0.00199 e. The fraction of sp³-hybridized carbons (Fsp3) is 0.667. The molecule has 0 amide bonds. The van der Waals surface area contributed by atoms with Crippen LogP contribution < -0.4 is 5.32 Å². The summed E-state index contributed by atoms with van der Waals surface area (Å²) < 4.78 is 0. The standard InChI is InChI=1S/C12H21NS/c1-10(2)7-13-8-11(3)6-12-4-5-14-9-12/h4-5,9-11,13H,6-8H2,1-3H3. The van der Waals surface area contributed by atoms with Gasteiger partial charge >= 0.3 is 0 Å². The highest BCUT2D eigenvalue weighted by atomic mass is 32.1. The number of thiophene rings is 1. The van der Waals surface area contributed by atoms with Crippen LogP contribution in [0.2, 0.25) is 0 Å². The van der Waals surface area contributed by atoms with E-state index < -0.39 is 0 Å². The van der Waals surface area contributed by atoms with Gasteiger partial charge in [0.15, 0.2) is 0 Å². The minimum Gasteiger partial charge on any atom is -0.316 e. The van der Waals surface area contributed by atoms with Crippen LogP contribution in [-0.2, 0) is 6.42 Å². The first-order valence-corrected chi connectivity index (χ1v) is 6.34. The van der Waals surface area contributed by atoms with Crippen LogP contribution in [-0.4, -0.2) is 13.1 Å². The van der Waals surface area contributed by atoms with Gasteiger partial charge < -0.3 is 5.32 Å². The monoisotopic (exact) mass is 211 g/mol. The molecule has 1 heterocycles. The zero-order valence-electron chi connectivity index (χ0n) is 9.42. The molecule has 0 bridgehead atoms. The van der Waals surface area contributed by atoms with E-state index in [-0.39, 0.29) is 0 Å². The van der Waals surface area contributed by atoms with E-state index in [0.29, 0.717) is 0 Å². The Balaban J connectivity index is 2.13. The van der Waals surface area contributed by atoms with Crippen molar-refractivity contribution in [2.45, 2.75) is 27.2 Å². The van der Waals surface area contributed by atoms with Crippen LogP contribution in [0.3, 0.4) is 0 Å². The third-order valence-electron chi connectivity index (χ3n) is 2.21. The van der Waals surface area contributed by atoms with Gasteiger partial charge in [-0.2, -0.15) is 11.3 Å². The summed E-state index contributed by atoms with van der Waals surface area (Å²) in [6, 6.07) is 2.23. The molecule has 1 rings (SSSR count). The van der Waals surface area contributed by atoms with E-state index in [1.807, 2.05) is 0 Å². The minimum atomic E-state index is 0.739. The fourth-order valence-corrected chi connectivity index (χ4v) is 2.18. The van der Waals surface area contributed by atoms with Crippen molar-refractivity contribution in [3.63, 3.8) is 0 Å². The van der Waals surface area contributed by atoms with Gasteiger partial charge in [-0.3, -0.25) is 0 Å². The smallest absolute Gasteiger partial charge is 0.00199 e. The molecule has 0 aromatic carbocycles. The third-order valence-corrected chi connectivity index (χ3v) is 2.94. The van der Waals surface area contributed by atoms with Crippen LogP contribution in [0.5, 0.6) is 0 Å². The molecule has 1 unspecified atom stereocenters. The Bertz CT molecular complexity index is 228. The van der Waals surface area contributed by atoms with Crippen molar-refractivity contribution in [1.29, 1.82) is 0 Å². The second-order valence-electron chi connectivity index (χ2n) is 4.49. The highest BCUT2D eigenvalue weighted by Crippen LogP contribution is 2.11. The number of hydrogen-bond acceptors (Lipinski definition) is 2.